The van der Waals surface area contributed by atoms with Crippen LogP contribution in [-0.4, -0.2) is 78.5 Å². The number of allylic oxidation sites excluding steroid dienone is 1. The van der Waals surface area contributed by atoms with Gasteiger partial charge in [-0.2, -0.15) is 4.98 Å². The SMILES string of the molecule is C=CC(=O)NC1CCC(Nc2nc(NC(C=NCCN3CCOCC3)=CN)nc3ccsc23)CC1. The fourth-order valence-corrected chi connectivity index (χ4v) is 5.07. The monoisotopic (exact) mass is 498 g/mol. The summed E-state index contributed by atoms with van der Waals surface area (Å²) in [6, 6.07) is 2.47. The van der Waals surface area contributed by atoms with Crippen LogP contribution >= 0.6 is 11.3 Å². The van der Waals surface area contributed by atoms with Crippen molar-refractivity contribution in [1.29, 1.82) is 0 Å². The van der Waals surface area contributed by atoms with Crippen LogP contribution < -0.4 is 21.7 Å². The zero-order valence-electron chi connectivity index (χ0n) is 19.9. The molecule has 1 aliphatic heterocycles. The minimum absolute atomic E-state index is 0.110. The second-order valence-electron chi connectivity index (χ2n) is 8.67. The number of carbonyl (C=O) groups is 1. The van der Waals surface area contributed by atoms with Gasteiger partial charge < -0.3 is 26.4 Å². The first-order valence-electron chi connectivity index (χ1n) is 12.1. The molecule has 3 heterocycles. The molecule has 0 unspecified atom stereocenters. The summed E-state index contributed by atoms with van der Waals surface area (Å²) >= 11 is 1.62. The van der Waals surface area contributed by atoms with Crippen molar-refractivity contribution in [2.75, 3.05) is 50.0 Å². The highest BCUT2D eigenvalue weighted by atomic mass is 32.1. The predicted molar refractivity (Wildman–Crippen MR) is 142 cm³/mol. The lowest BCUT2D eigenvalue weighted by Gasteiger charge is -2.29. The van der Waals surface area contributed by atoms with E-state index in [0.717, 1.165) is 74.6 Å². The van der Waals surface area contributed by atoms with Gasteiger partial charge in [0.2, 0.25) is 11.9 Å². The summed E-state index contributed by atoms with van der Waals surface area (Å²) in [6.07, 6.45) is 8.27. The van der Waals surface area contributed by atoms with Crippen molar-refractivity contribution >= 4 is 45.4 Å². The number of thiophene rings is 1. The number of aliphatic imine (C=N–C) groups is 1. The second kappa shape index (κ2) is 12.6. The molecule has 0 spiro atoms. The van der Waals surface area contributed by atoms with Gasteiger partial charge in [0.1, 0.15) is 5.82 Å². The van der Waals surface area contributed by atoms with Gasteiger partial charge in [-0.25, -0.2) is 4.98 Å². The molecule has 0 atom stereocenters. The van der Waals surface area contributed by atoms with Gasteiger partial charge in [0.05, 0.1) is 35.7 Å². The minimum Gasteiger partial charge on any atom is -0.403 e. The number of hydrogen-bond acceptors (Lipinski definition) is 10. The number of nitrogens with zero attached hydrogens (tertiary/aromatic N) is 4. The smallest absolute Gasteiger partial charge is 0.243 e. The molecule has 1 saturated carbocycles. The summed E-state index contributed by atoms with van der Waals surface area (Å²) < 4.78 is 6.40. The van der Waals surface area contributed by atoms with Gasteiger partial charge in [0, 0.05) is 44.1 Å². The Hall–Kier alpha value is -3.02. The Morgan fingerprint density at radius 2 is 2.03 bits per heavy atom. The molecule has 188 valence electrons. The molecule has 0 bridgehead atoms. The molecule has 0 aromatic carbocycles. The molecule has 2 aromatic rings. The molecule has 11 heteroatoms. The normalized spacial score (nSPS) is 21.8. The van der Waals surface area contributed by atoms with E-state index in [1.807, 2.05) is 11.4 Å². The number of aromatic nitrogens is 2. The van der Waals surface area contributed by atoms with E-state index in [1.54, 1.807) is 17.6 Å². The Balaban J connectivity index is 1.35. The number of rotatable bonds is 10. The van der Waals surface area contributed by atoms with Gasteiger partial charge in [-0.15, -0.1) is 11.3 Å². The van der Waals surface area contributed by atoms with E-state index in [2.05, 4.69) is 37.4 Å². The predicted octanol–water partition coefficient (Wildman–Crippen LogP) is 2.33. The van der Waals surface area contributed by atoms with Crippen LogP contribution in [-0.2, 0) is 9.53 Å². The lowest BCUT2D eigenvalue weighted by Crippen LogP contribution is -2.39. The molecule has 1 amide bonds. The van der Waals surface area contributed by atoms with Crippen LogP contribution in [0.15, 0.2) is 41.0 Å². The van der Waals surface area contributed by atoms with E-state index in [1.165, 1.54) is 12.3 Å². The third kappa shape index (κ3) is 7.23. The summed E-state index contributed by atoms with van der Waals surface area (Å²) in [5.41, 5.74) is 7.36. The average molecular weight is 499 g/mol. The Labute approximate surface area is 209 Å². The van der Waals surface area contributed by atoms with Crippen LogP contribution in [0, 0.1) is 0 Å². The van der Waals surface area contributed by atoms with Gasteiger partial charge in [0.25, 0.3) is 0 Å². The van der Waals surface area contributed by atoms with Gasteiger partial charge in [-0.05, 0) is 43.2 Å². The van der Waals surface area contributed by atoms with Crippen molar-refractivity contribution in [2.45, 2.75) is 37.8 Å². The van der Waals surface area contributed by atoms with Crippen molar-refractivity contribution in [2.24, 2.45) is 10.7 Å². The van der Waals surface area contributed by atoms with E-state index in [4.69, 9.17) is 15.5 Å². The van der Waals surface area contributed by atoms with E-state index in [0.29, 0.717) is 18.2 Å². The number of carbonyl (C=O) groups excluding carboxylic acids is 1. The van der Waals surface area contributed by atoms with Crippen LogP contribution in [0.2, 0.25) is 0 Å². The number of amides is 1. The molecule has 2 fully saturated rings. The summed E-state index contributed by atoms with van der Waals surface area (Å²) in [6.45, 7) is 8.56. The number of ether oxygens (including phenoxy) is 1. The van der Waals surface area contributed by atoms with Crippen LogP contribution in [0.4, 0.5) is 11.8 Å². The van der Waals surface area contributed by atoms with Crippen molar-refractivity contribution in [3.05, 3.63) is 36.0 Å². The fourth-order valence-electron chi connectivity index (χ4n) is 4.29. The standard InChI is InChI=1S/C24H34N8O2S/c1-2-21(33)27-17-3-5-18(6-4-17)28-23-22-20(7-14-35-22)30-24(31-23)29-19(15-25)16-26-8-9-32-10-12-34-13-11-32/h2,7,14-18H,1,3-6,8-13,25H2,(H,27,33)(H2,28,29,30,31). The molecule has 35 heavy (non-hydrogen) atoms. The number of nitrogens with two attached hydrogens (primary N) is 1. The van der Waals surface area contributed by atoms with E-state index < -0.39 is 0 Å². The third-order valence-electron chi connectivity index (χ3n) is 6.22. The molecule has 10 nitrogen and oxygen atoms in total. The number of anilines is 2. The van der Waals surface area contributed by atoms with Gasteiger partial charge in [-0.1, -0.05) is 6.58 Å². The molecule has 2 aliphatic rings. The van der Waals surface area contributed by atoms with Crippen molar-refractivity contribution in [3.63, 3.8) is 0 Å². The quantitative estimate of drug-likeness (QED) is 0.290. The van der Waals surface area contributed by atoms with Crippen molar-refractivity contribution in [1.82, 2.24) is 20.2 Å². The van der Waals surface area contributed by atoms with E-state index in [-0.39, 0.29) is 18.0 Å². The molecule has 2 aromatic heterocycles. The lowest BCUT2D eigenvalue weighted by molar-refractivity contribution is -0.117. The zero-order valence-corrected chi connectivity index (χ0v) is 20.7. The third-order valence-corrected chi connectivity index (χ3v) is 7.13. The van der Waals surface area contributed by atoms with Crippen LogP contribution in [0.3, 0.4) is 0 Å². The Kier molecular flexibility index (Phi) is 9.04. The lowest BCUT2D eigenvalue weighted by atomic mass is 9.91. The summed E-state index contributed by atoms with van der Waals surface area (Å²) in [4.78, 5) is 27.8. The highest BCUT2D eigenvalue weighted by molar-refractivity contribution is 7.17. The molecule has 5 N–H and O–H groups in total. The maximum absolute atomic E-state index is 11.6. The highest BCUT2D eigenvalue weighted by Gasteiger charge is 2.23. The molecule has 0 radical (unpaired) electrons. The molecule has 1 aliphatic carbocycles. The van der Waals surface area contributed by atoms with Gasteiger partial charge in [-0.3, -0.25) is 14.7 Å². The zero-order chi connectivity index (χ0) is 24.5. The average Bonchev–Trinajstić information content (AvgIpc) is 3.36. The minimum atomic E-state index is -0.110. The largest absolute Gasteiger partial charge is 0.403 e. The molecular formula is C24H34N8O2S. The number of hydrogen-bond donors (Lipinski definition) is 4. The van der Waals surface area contributed by atoms with Crippen LogP contribution in [0.1, 0.15) is 25.7 Å². The summed E-state index contributed by atoms with van der Waals surface area (Å²) in [7, 11) is 0. The molecule has 4 rings (SSSR count). The fraction of sp³-hybridized carbons (Fsp3) is 0.500. The summed E-state index contributed by atoms with van der Waals surface area (Å²) in [5.74, 6) is 1.18. The maximum atomic E-state index is 11.6. The second-order valence-corrected chi connectivity index (χ2v) is 9.59. The highest BCUT2D eigenvalue weighted by Crippen LogP contribution is 2.30. The molecular weight excluding hydrogens is 464 g/mol. The van der Waals surface area contributed by atoms with E-state index in [9.17, 15) is 4.79 Å². The first-order chi connectivity index (χ1) is 17.1. The van der Waals surface area contributed by atoms with E-state index >= 15 is 0 Å². The number of morpholine rings is 1. The Morgan fingerprint density at radius 3 is 2.77 bits per heavy atom. The van der Waals surface area contributed by atoms with Crippen LogP contribution in [0.5, 0.6) is 0 Å². The Morgan fingerprint density at radius 1 is 1.26 bits per heavy atom. The first-order valence-corrected chi connectivity index (χ1v) is 13.0. The number of fused-ring (bicyclic) bond motifs is 1. The number of nitrogens with one attached hydrogen (secondary N) is 3. The maximum Gasteiger partial charge on any atom is 0.243 e. The van der Waals surface area contributed by atoms with Crippen molar-refractivity contribution in [3.8, 4) is 0 Å². The van der Waals surface area contributed by atoms with Crippen LogP contribution in [0.25, 0.3) is 10.2 Å². The summed E-state index contributed by atoms with van der Waals surface area (Å²) in [5, 5.41) is 11.8. The molecule has 1 saturated heterocycles. The van der Waals surface area contributed by atoms with Crippen molar-refractivity contribution < 1.29 is 9.53 Å². The Bertz CT molecular complexity index is 1050. The van der Waals surface area contributed by atoms with Gasteiger partial charge >= 0.3 is 0 Å². The first kappa shape index (κ1) is 25.1. The van der Waals surface area contributed by atoms with Gasteiger partial charge in [0.15, 0.2) is 0 Å². The topological polar surface area (TPSA) is 130 Å².